The van der Waals surface area contributed by atoms with Gasteiger partial charge in [-0.3, -0.25) is 10.6 Å². The zero-order valence-electron chi connectivity index (χ0n) is 13.1. The number of rotatable bonds is 5. The second-order valence-electron chi connectivity index (χ2n) is 5.60. The van der Waals surface area contributed by atoms with Gasteiger partial charge in [-0.1, -0.05) is 18.2 Å². The lowest BCUT2D eigenvalue weighted by Crippen LogP contribution is -2.42. The van der Waals surface area contributed by atoms with Gasteiger partial charge in [0.2, 0.25) is 0 Å². The first kappa shape index (κ1) is 15.8. The highest BCUT2D eigenvalue weighted by Crippen LogP contribution is 2.31. The van der Waals surface area contributed by atoms with Crippen LogP contribution >= 0.6 is 0 Å². The number of morpholine rings is 1. The van der Waals surface area contributed by atoms with Crippen molar-refractivity contribution in [3.8, 4) is 5.75 Å². The molecule has 0 aliphatic carbocycles. The van der Waals surface area contributed by atoms with E-state index in [1.54, 1.807) is 12.3 Å². The standard InChI is InChI=1S/C16H23N5O2/c17-15-19-6-5-16(18,20-15)13-3-1-2-4-14(13)23-12-9-21-7-10-22-11-8-21/h1-6H,7-12,18H2,(H3,17,19,20). The lowest BCUT2D eigenvalue weighted by molar-refractivity contribution is 0.0321. The molecule has 1 unspecified atom stereocenters. The molecule has 1 fully saturated rings. The molecule has 0 bridgehead atoms. The van der Waals surface area contributed by atoms with Gasteiger partial charge in [-0.15, -0.1) is 0 Å². The van der Waals surface area contributed by atoms with Gasteiger partial charge in [0.1, 0.15) is 12.4 Å². The minimum atomic E-state index is -1.01. The molecule has 0 aromatic heterocycles. The van der Waals surface area contributed by atoms with Crippen molar-refractivity contribution in [2.75, 3.05) is 39.5 Å². The van der Waals surface area contributed by atoms with Gasteiger partial charge in [0, 0.05) is 31.4 Å². The highest BCUT2D eigenvalue weighted by molar-refractivity contribution is 5.80. The van der Waals surface area contributed by atoms with Gasteiger partial charge in [0.15, 0.2) is 11.6 Å². The number of nitrogens with two attached hydrogens (primary N) is 2. The molecule has 5 N–H and O–H groups in total. The first-order chi connectivity index (χ1) is 11.2. The van der Waals surface area contributed by atoms with E-state index in [4.69, 9.17) is 20.9 Å². The van der Waals surface area contributed by atoms with Crippen LogP contribution < -0.4 is 21.5 Å². The van der Waals surface area contributed by atoms with Crippen molar-refractivity contribution >= 4 is 5.96 Å². The van der Waals surface area contributed by atoms with E-state index >= 15 is 0 Å². The van der Waals surface area contributed by atoms with Crippen LogP contribution in [0.1, 0.15) is 5.56 Å². The average molecular weight is 317 g/mol. The van der Waals surface area contributed by atoms with E-state index in [0.29, 0.717) is 6.61 Å². The minimum absolute atomic E-state index is 0.290. The third kappa shape index (κ3) is 3.82. The normalized spacial score (nSPS) is 24.8. The predicted molar refractivity (Wildman–Crippen MR) is 89.0 cm³/mol. The summed E-state index contributed by atoms with van der Waals surface area (Å²) in [6.45, 7) is 4.91. The summed E-state index contributed by atoms with van der Waals surface area (Å²) < 4.78 is 11.3. The molecule has 1 aromatic carbocycles. The summed E-state index contributed by atoms with van der Waals surface area (Å²) in [7, 11) is 0. The maximum absolute atomic E-state index is 6.38. The van der Waals surface area contributed by atoms with Gasteiger partial charge in [0.05, 0.1) is 13.2 Å². The number of benzene rings is 1. The van der Waals surface area contributed by atoms with Crippen LogP contribution in [0.2, 0.25) is 0 Å². The molecule has 2 aliphatic rings. The zero-order chi connectivity index (χ0) is 16.1. The van der Waals surface area contributed by atoms with Gasteiger partial charge in [0.25, 0.3) is 0 Å². The Labute approximate surface area is 135 Å². The molecule has 7 heteroatoms. The fourth-order valence-corrected chi connectivity index (χ4v) is 2.71. The van der Waals surface area contributed by atoms with E-state index in [0.717, 1.165) is 44.2 Å². The summed E-state index contributed by atoms with van der Waals surface area (Å²) >= 11 is 0. The summed E-state index contributed by atoms with van der Waals surface area (Å²) in [5.74, 6) is 1.02. The highest BCUT2D eigenvalue weighted by Gasteiger charge is 2.29. The Morgan fingerprint density at radius 2 is 2.09 bits per heavy atom. The molecule has 0 radical (unpaired) electrons. The molecule has 2 heterocycles. The van der Waals surface area contributed by atoms with Crippen LogP contribution in [0.4, 0.5) is 0 Å². The van der Waals surface area contributed by atoms with Crippen LogP contribution in [0.25, 0.3) is 0 Å². The zero-order valence-corrected chi connectivity index (χ0v) is 13.1. The summed E-state index contributed by atoms with van der Waals surface area (Å²) in [6, 6.07) is 7.66. The van der Waals surface area contributed by atoms with Crippen molar-refractivity contribution in [1.82, 2.24) is 10.2 Å². The van der Waals surface area contributed by atoms with Crippen molar-refractivity contribution in [1.29, 1.82) is 0 Å². The van der Waals surface area contributed by atoms with Crippen molar-refractivity contribution in [3.05, 3.63) is 42.1 Å². The molecule has 1 saturated heterocycles. The van der Waals surface area contributed by atoms with Crippen LogP contribution in [0.15, 0.2) is 41.5 Å². The number of para-hydroxylation sites is 1. The van der Waals surface area contributed by atoms with Crippen LogP contribution in [0.5, 0.6) is 5.75 Å². The third-order valence-corrected chi connectivity index (χ3v) is 3.96. The summed E-state index contributed by atoms with van der Waals surface area (Å²) in [5, 5.41) is 2.82. The van der Waals surface area contributed by atoms with Gasteiger partial charge in [-0.05, 0) is 12.1 Å². The molecule has 1 atom stereocenters. The smallest absolute Gasteiger partial charge is 0.195 e. The Morgan fingerprint density at radius 1 is 1.30 bits per heavy atom. The molecule has 0 amide bonds. The van der Waals surface area contributed by atoms with Gasteiger partial charge < -0.3 is 20.5 Å². The predicted octanol–water partition coefficient (Wildman–Crippen LogP) is -0.0593. The number of aliphatic imine (C=N–C) groups is 1. The number of hydrogen-bond donors (Lipinski definition) is 3. The second-order valence-corrected chi connectivity index (χ2v) is 5.60. The molecular weight excluding hydrogens is 294 g/mol. The van der Waals surface area contributed by atoms with E-state index in [-0.39, 0.29) is 5.96 Å². The van der Waals surface area contributed by atoms with Gasteiger partial charge >= 0.3 is 0 Å². The summed E-state index contributed by atoms with van der Waals surface area (Å²) in [5.41, 5.74) is 11.9. The summed E-state index contributed by atoms with van der Waals surface area (Å²) in [4.78, 5) is 6.63. The average Bonchev–Trinajstić information content (AvgIpc) is 2.56. The number of guanidine groups is 1. The van der Waals surface area contributed by atoms with E-state index in [9.17, 15) is 0 Å². The lowest BCUT2D eigenvalue weighted by atomic mass is 9.99. The molecule has 3 rings (SSSR count). The molecule has 1 aromatic rings. The first-order valence-electron chi connectivity index (χ1n) is 7.78. The first-order valence-corrected chi connectivity index (χ1v) is 7.78. The van der Waals surface area contributed by atoms with Crippen LogP contribution in [0.3, 0.4) is 0 Å². The quantitative estimate of drug-likeness (QED) is 0.704. The maximum atomic E-state index is 6.38. The Kier molecular flexibility index (Phi) is 4.80. The molecule has 0 saturated carbocycles. The number of ether oxygens (including phenoxy) is 2. The van der Waals surface area contributed by atoms with Crippen molar-refractivity contribution < 1.29 is 9.47 Å². The van der Waals surface area contributed by atoms with Crippen molar-refractivity contribution in [3.63, 3.8) is 0 Å². The number of nitrogens with zero attached hydrogens (tertiary/aromatic N) is 2. The van der Waals surface area contributed by atoms with Crippen LogP contribution in [-0.4, -0.2) is 50.3 Å². The maximum Gasteiger partial charge on any atom is 0.195 e. The van der Waals surface area contributed by atoms with E-state index in [2.05, 4.69) is 15.2 Å². The van der Waals surface area contributed by atoms with E-state index in [1.165, 1.54) is 0 Å². The van der Waals surface area contributed by atoms with Crippen LogP contribution in [-0.2, 0) is 10.4 Å². The monoisotopic (exact) mass is 317 g/mol. The largest absolute Gasteiger partial charge is 0.492 e. The van der Waals surface area contributed by atoms with Crippen molar-refractivity contribution in [2.45, 2.75) is 5.66 Å². The Bertz CT molecular complexity index is 598. The highest BCUT2D eigenvalue weighted by atomic mass is 16.5. The molecular formula is C16H23N5O2. The Balaban J connectivity index is 1.68. The van der Waals surface area contributed by atoms with E-state index in [1.807, 2.05) is 24.3 Å². The molecule has 23 heavy (non-hydrogen) atoms. The fraction of sp³-hybridized carbons (Fsp3) is 0.438. The number of nitrogens with one attached hydrogen (secondary N) is 1. The van der Waals surface area contributed by atoms with E-state index < -0.39 is 5.66 Å². The van der Waals surface area contributed by atoms with Crippen molar-refractivity contribution in [2.24, 2.45) is 16.5 Å². The molecule has 7 nitrogen and oxygen atoms in total. The SMILES string of the molecule is NC1=NC(N)(c2ccccc2OCCN2CCOCC2)C=CN1. The van der Waals surface area contributed by atoms with Crippen LogP contribution in [0, 0.1) is 0 Å². The van der Waals surface area contributed by atoms with Gasteiger partial charge in [-0.2, -0.15) is 0 Å². The topological polar surface area (TPSA) is 98.1 Å². The third-order valence-electron chi connectivity index (χ3n) is 3.96. The summed E-state index contributed by atoms with van der Waals surface area (Å²) in [6.07, 6.45) is 3.47. The molecule has 124 valence electrons. The Hall–Kier alpha value is -2.09. The molecule has 2 aliphatic heterocycles. The van der Waals surface area contributed by atoms with Gasteiger partial charge in [-0.25, -0.2) is 4.99 Å². The minimum Gasteiger partial charge on any atom is -0.492 e. The number of hydrogen-bond acceptors (Lipinski definition) is 7. The fourth-order valence-electron chi connectivity index (χ4n) is 2.71. The lowest BCUT2D eigenvalue weighted by Gasteiger charge is -2.29. The second kappa shape index (κ2) is 6.99. The molecule has 0 spiro atoms. The Morgan fingerprint density at radius 3 is 2.87 bits per heavy atom.